The van der Waals surface area contributed by atoms with Crippen molar-refractivity contribution in [2.75, 3.05) is 0 Å². The van der Waals surface area contributed by atoms with Crippen molar-refractivity contribution in [3.63, 3.8) is 0 Å². The molecule has 0 fully saturated rings. The third kappa shape index (κ3) is 11.4. The fourth-order valence-corrected chi connectivity index (χ4v) is 16.8. The zero-order valence-electron chi connectivity index (χ0n) is 60.8. The minimum Gasteiger partial charge on any atom is -0.309 e. The van der Waals surface area contributed by atoms with Crippen LogP contribution in [0, 0.1) is 0 Å². The van der Waals surface area contributed by atoms with Gasteiger partial charge >= 0.3 is 0 Å². The van der Waals surface area contributed by atoms with Crippen LogP contribution in [-0.4, -0.2) is 38.2 Å². The minimum atomic E-state index is 0.630. The molecule has 6 heterocycles. The monoisotopic (exact) mass is 1430 g/mol. The molecule has 0 saturated carbocycles. The first-order valence-corrected chi connectivity index (χ1v) is 38.0. The van der Waals surface area contributed by atoms with Gasteiger partial charge in [0.25, 0.3) is 0 Å². The number of hydrogen-bond acceptors (Lipinski definition) is 4. The predicted molar refractivity (Wildman–Crippen MR) is 465 cm³/mol. The topological polar surface area (TPSA) is 71.3 Å². The fraction of sp³-hybridized carbons (Fsp3) is 0. The van der Waals surface area contributed by atoms with Crippen molar-refractivity contribution in [2.24, 2.45) is 0 Å². The summed E-state index contributed by atoms with van der Waals surface area (Å²) >= 11 is 0. The van der Waals surface area contributed by atoms with E-state index in [0.29, 0.717) is 11.9 Å². The molecule has 0 bridgehead atoms. The molecule has 0 spiro atoms. The summed E-state index contributed by atoms with van der Waals surface area (Å²) in [4.78, 5) is 21.7. The standard InChI is InChI=1S/2C52H34N4/c1-4-16-35(17-5-1)37-20-14-22-39(32-37)44-34-45(40-23-15-21-38(33-40)36-18-6-2-7-19-36)54-52(53-44)56-47-29-13-11-27-43(47)51-49(56)31-30-48-50(51)42-26-10-12-28-46(42)55(48)41-24-8-3-9-25-41;1-4-15-35(16-5-1)37-27-29-38(30-28-37)44-34-45(40-20-14-19-39(33-40)36-17-6-2-7-18-36)54-52(53-44)56-47-26-13-11-24-43(47)51-49(56)32-31-48-50(51)42-23-10-12-25-46(42)55(48)41-21-8-3-9-22-41/h2*1-34H. The van der Waals surface area contributed by atoms with Crippen molar-refractivity contribution in [3.05, 3.63) is 413 Å². The lowest BCUT2D eigenvalue weighted by molar-refractivity contribution is 0.995. The van der Waals surface area contributed by atoms with E-state index in [4.69, 9.17) is 19.9 Å². The second kappa shape index (κ2) is 27.6. The molecule has 6 aromatic heterocycles. The molecule has 0 N–H and O–H groups in total. The number of fused-ring (bicyclic) bond motifs is 14. The van der Waals surface area contributed by atoms with Crippen LogP contribution >= 0.6 is 0 Å². The molecule has 0 amide bonds. The summed E-state index contributed by atoms with van der Waals surface area (Å²) in [6, 6.07) is 146. The van der Waals surface area contributed by atoms with Crippen LogP contribution < -0.4 is 0 Å². The number of benzene rings is 16. The summed E-state index contributed by atoms with van der Waals surface area (Å²) in [6.07, 6.45) is 0. The van der Waals surface area contributed by atoms with Crippen molar-refractivity contribution in [1.82, 2.24) is 38.2 Å². The van der Waals surface area contributed by atoms with Gasteiger partial charge in [0.05, 0.1) is 66.9 Å². The lowest BCUT2D eigenvalue weighted by atomic mass is 9.99. The lowest BCUT2D eigenvalue weighted by Crippen LogP contribution is -2.04. The minimum absolute atomic E-state index is 0.630. The second-order valence-corrected chi connectivity index (χ2v) is 28.4. The number of aromatic nitrogens is 8. The van der Waals surface area contributed by atoms with Crippen LogP contribution in [0.2, 0.25) is 0 Å². The third-order valence-corrected chi connectivity index (χ3v) is 21.9. The fourth-order valence-electron chi connectivity index (χ4n) is 16.8. The maximum absolute atomic E-state index is 5.43. The average Bonchev–Trinajstić information content (AvgIpc) is 1.55. The van der Waals surface area contributed by atoms with E-state index in [9.17, 15) is 0 Å². The number of hydrogen-bond donors (Lipinski definition) is 0. The molecule has 22 aromatic rings. The van der Waals surface area contributed by atoms with Gasteiger partial charge in [-0.05, 0) is 148 Å². The van der Waals surface area contributed by atoms with Crippen LogP contribution in [0.25, 0.3) is 200 Å². The molecule has 524 valence electrons. The van der Waals surface area contributed by atoms with Crippen LogP contribution in [0.5, 0.6) is 0 Å². The molecule has 0 saturated heterocycles. The van der Waals surface area contributed by atoms with Gasteiger partial charge < -0.3 is 9.13 Å². The molecule has 112 heavy (non-hydrogen) atoms. The van der Waals surface area contributed by atoms with E-state index in [1.807, 2.05) is 0 Å². The summed E-state index contributed by atoms with van der Waals surface area (Å²) in [5.41, 5.74) is 28.1. The quantitative estimate of drug-likeness (QED) is 0.122. The van der Waals surface area contributed by atoms with Crippen LogP contribution in [0.4, 0.5) is 0 Å². The Bertz CT molecular complexity index is 7230. The Labute approximate surface area is 646 Å². The van der Waals surface area contributed by atoms with Gasteiger partial charge in [-0.1, -0.05) is 309 Å². The molecule has 0 aliphatic rings. The summed E-state index contributed by atoms with van der Waals surface area (Å²) in [6.45, 7) is 0. The van der Waals surface area contributed by atoms with E-state index in [1.54, 1.807) is 0 Å². The van der Waals surface area contributed by atoms with Gasteiger partial charge in [0.1, 0.15) is 0 Å². The van der Waals surface area contributed by atoms with Crippen molar-refractivity contribution in [3.8, 4) is 113 Å². The maximum atomic E-state index is 5.43. The van der Waals surface area contributed by atoms with Gasteiger partial charge in [-0.15, -0.1) is 0 Å². The molecule has 22 rings (SSSR count). The second-order valence-electron chi connectivity index (χ2n) is 28.4. The highest BCUT2D eigenvalue weighted by Crippen LogP contribution is 2.46. The Kier molecular flexibility index (Phi) is 16.1. The number of nitrogens with zero attached hydrogens (tertiary/aromatic N) is 8. The van der Waals surface area contributed by atoms with Gasteiger partial charge in [0, 0.05) is 76.7 Å². The largest absolute Gasteiger partial charge is 0.309 e. The summed E-state index contributed by atoms with van der Waals surface area (Å²) in [5.74, 6) is 1.26. The van der Waals surface area contributed by atoms with Gasteiger partial charge in [-0.3, -0.25) is 9.13 Å². The Balaban J connectivity index is 0.000000141. The average molecular weight is 1430 g/mol. The Hall–Kier alpha value is -15.1. The first-order chi connectivity index (χ1) is 55.6. The third-order valence-electron chi connectivity index (χ3n) is 21.9. The van der Waals surface area contributed by atoms with Crippen molar-refractivity contribution >= 4 is 87.2 Å². The van der Waals surface area contributed by atoms with Gasteiger partial charge in [0.2, 0.25) is 11.9 Å². The van der Waals surface area contributed by atoms with E-state index in [1.165, 1.54) is 82.2 Å². The molecule has 0 unspecified atom stereocenters. The molecule has 0 aliphatic carbocycles. The molecule has 0 radical (unpaired) electrons. The number of para-hydroxylation sites is 6. The van der Waals surface area contributed by atoms with Crippen molar-refractivity contribution in [2.45, 2.75) is 0 Å². The van der Waals surface area contributed by atoms with Crippen LogP contribution in [0.15, 0.2) is 413 Å². The van der Waals surface area contributed by atoms with Gasteiger partial charge in [-0.25, -0.2) is 19.9 Å². The molecular formula is C104H68N8. The first-order valence-electron chi connectivity index (χ1n) is 38.0. The lowest BCUT2D eigenvalue weighted by Gasteiger charge is -2.13. The highest BCUT2D eigenvalue weighted by Gasteiger charge is 2.26. The SMILES string of the molecule is c1ccc(-c2ccc(-c3cc(-c4cccc(-c5ccccc5)c4)nc(-n4c5ccccc5c5c6c7ccccc7n(-c7ccccc7)c6ccc54)n3)cc2)cc1.c1ccc(-c2cccc(-c3cc(-c4cccc(-c5ccccc5)c4)nc(-n4c5ccccc5c5c6c7ccccc7n(-c7ccccc7)c6ccc54)n3)c2)cc1. The van der Waals surface area contributed by atoms with Crippen LogP contribution in [0.3, 0.4) is 0 Å². The van der Waals surface area contributed by atoms with Crippen LogP contribution in [0.1, 0.15) is 0 Å². The summed E-state index contributed by atoms with van der Waals surface area (Å²) < 4.78 is 9.27. The van der Waals surface area contributed by atoms with E-state index < -0.39 is 0 Å². The van der Waals surface area contributed by atoms with E-state index in [-0.39, 0.29) is 0 Å². The molecule has 16 aromatic carbocycles. The smallest absolute Gasteiger partial charge is 0.235 e. The first kappa shape index (κ1) is 65.2. The molecular weight excluding hydrogens is 1360 g/mol. The van der Waals surface area contributed by atoms with Gasteiger partial charge in [0.15, 0.2) is 0 Å². The normalized spacial score (nSPS) is 11.6. The van der Waals surface area contributed by atoms with E-state index in [2.05, 4.69) is 431 Å². The summed E-state index contributed by atoms with van der Waals surface area (Å²) in [7, 11) is 0. The molecule has 8 heteroatoms. The van der Waals surface area contributed by atoms with Crippen molar-refractivity contribution < 1.29 is 0 Å². The maximum Gasteiger partial charge on any atom is 0.235 e. The zero-order chi connectivity index (χ0) is 74.0. The Morgan fingerprint density at radius 2 is 0.366 bits per heavy atom. The van der Waals surface area contributed by atoms with E-state index >= 15 is 0 Å². The Morgan fingerprint density at radius 3 is 0.688 bits per heavy atom. The molecule has 0 atom stereocenters. The van der Waals surface area contributed by atoms with Crippen LogP contribution in [-0.2, 0) is 0 Å². The highest BCUT2D eigenvalue weighted by atomic mass is 15.2. The summed E-state index contributed by atoms with van der Waals surface area (Å²) in [5, 5.41) is 9.58. The van der Waals surface area contributed by atoms with E-state index in [0.717, 1.165) is 106 Å². The zero-order valence-corrected chi connectivity index (χ0v) is 60.8. The Morgan fingerprint density at radius 1 is 0.143 bits per heavy atom. The van der Waals surface area contributed by atoms with Gasteiger partial charge in [-0.2, -0.15) is 0 Å². The highest BCUT2D eigenvalue weighted by molar-refractivity contribution is 6.30. The molecule has 8 nitrogen and oxygen atoms in total. The predicted octanol–water partition coefficient (Wildman–Crippen LogP) is 26.7. The van der Waals surface area contributed by atoms with Crippen molar-refractivity contribution in [1.29, 1.82) is 0 Å². The number of rotatable bonds is 12. The molecule has 0 aliphatic heterocycles.